The molecular formula is C27H15F6N5. The maximum absolute atomic E-state index is 14.2. The number of benzene rings is 3. The molecule has 0 unspecified atom stereocenters. The third-order valence-electron chi connectivity index (χ3n) is 6.17. The first-order chi connectivity index (χ1) is 18.2. The van der Waals surface area contributed by atoms with Gasteiger partial charge in [-0.05, 0) is 41.3 Å². The highest BCUT2D eigenvalue weighted by Gasteiger charge is 2.34. The Hall–Kier alpha value is -4.67. The number of fused-ring (bicyclic) bond motifs is 2. The van der Waals surface area contributed by atoms with E-state index in [9.17, 15) is 26.3 Å². The number of alkyl halides is 3. The molecule has 190 valence electrons. The molecule has 0 saturated heterocycles. The Kier molecular flexibility index (Phi) is 5.44. The SMILES string of the molecule is Fc1cc(-c2[nH]cc3ccc(Cn4cc5nc(-c6cccc(F)c6F)nc-5cn4)cc23)ccc1C(F)(F)F. The Labute approximate surface area is 210 Å². The molecule has 0 bridgehead atoms. The van der Waals surface area contributed by atoms with Crippen molar-refractivity contribution in [2.24, 2.45) is 0 Å². The summed E-state index contributed by atoms with van der Waals surface area (Å²) in [5.41, 5.74) is 1.02. The molecule has 3 heterocycles. The highest BCUT2D eigenvalue weighted by molar-refractivity contribution is 5.96. The molecule has 0 atom stereocenters. The molecule has 0 aliphatic carbocycles. The Bertz CT molecular complexity index is 1790. The standard InChI is InChI=1S/C27H15F6N5/c28-20-3-1-2-17(24(20)30)26-36-22-11-35-38(13-23(22)37-26)12-14-4-5-16-10-34-25(18(16)8-14)15-6-7-19(21(29)9-15)27(31,32)33/h1-11,13,34H,12H2. The summed E-state index contributed by atoms with van der Waals surface area (Å²) in [5.74, 6) is -3.34. The lowest BCUT2D eigenvalue weighted by Crippen LogP contribution is -2.07. The van der Waals surface area contributed by atoms with E-state index in [4.69, 9.17) is 0 Å². The van der Waals surface area contributed by atoms with E-state index in [-0.39, 0.29) is 17.0 Å². The molecule has 0 amide bonds. The third-order valence-corrected chi connectivity index (χ3v) is 6.17. The van der Waals surface area contributed by atoms with Crippen LogP contribution in [-0.4, -0.2) is 24.7 Å². The quantitative estimate of drug-likeness (QED) is 0.251. The van der Waals surface area contributed by atoms with E-state index < -0.39 is 29.2 Å². The van der Waals surface area contributed by atoms with E-state index in [1.54, 1.807) is 17.1 Å². The first kappa shape index (κ1) is 23.7. The van der Waals surface area contributed by atoms with Crippen molar-refractivity contribution in [3.63, 3.8) is 0 Å². The van der Waals surface area contributed by atoms with E-state index >= 15 is 0 Å². The van der Waals surface area contributed by atoms with Crippen LogP contribution in [-0.2, 0) is 12.7 Å². The molecule has 0 saturated carbocycles. The summed E-state index contributed by atoms with van der Waals surface area (Å²) in [6, 6.07) is 12.1. The van der Waals surface area contributed by atoms with Gasteiger partial charge in [-0.15, -0.1) is 0 Å². The van der Waals surface area contributed by atoms with E-state index in [1.807, 2.05) is 18.2 Å². The van der Waals surface area contributed by atoms with Gasteiger partial charge in [-0.1, -0.05) is 24.3 Å². The monoisotopic (exact) mass is 523 g/mol. The van der Waals surface area contributed by atoms with Gasteiger partial charge >= 0.3 is 6.18 Å². The van der Waals surface area contributed by atoms with Gasteiger partial charge in [0.15, 0.2) is 17.5 Å². The number of H-pyrrole nitrogens is 1. The summed E-state index contributed by atoms with van der Waals surface area (Å²) in [6.07, 6.45) is -0.00389. The Morgan fingerprint density at radius 1 is 0.868 bits per heavy atom. The van der Waals surface area contributed by atoms with E-state index in [1.165, 1.54) is 24.4 Å². The lowest BCUT2D eigenvalue weighted by molar-refractivity contribution is -0.139. The number of hydrogen-bond donors (Lipinski definition) is 1. The van der Waals surface area contributed by atoms with Crippen molar-refractivity contribution < 1.29 is 26.3 Å². The van der Waals surface area contributed by atoms with E-state index in [0.29, 0.717) is 29.0 Å². The summed E-state index contributed by atoms with van der Waals surface area (Å²) in [5, 5.41) is 5.81. The molecule has 2 aliphatic rings. The Morgan fingerprint density at radius 2 is 1.68 bits per heavy atom. The largest absolute Gasteiger partial charge is 0.419 e. The number of rotatable bonds is 4. The van der Waals surface area contributed by atoms with Gasteiger partial charge in [0.05, 0.1) is 35.8 Å². The predicted molar refractivity (Wildman–Crippen MR) is 128 cm³/mol. The van der Waals surface area contributed by atoms with Crippen LogP contribution in [0.25, 0.3) is 44.8 Å². The maximum Gasteiger partial charge on any atom is 0.419 e. The van der Waals surface area contributed by atoms with E-state index in [0.717, 1.165) is 29.1 Å². The number of halogens is 6. The summed E-state index contributed by atoms with van der Waals surface area (Å²) in [7, 11) is 0. The van der Waals surface area contributed by atoms with Gasteiger partial charge in [-0.25, -0.2) is 23.1 Å². The van der Waals surface area contributed by atoms with Crippen LogP contribution in [0.1, 0.15) is 11.1 Å². The normalized spacial score (nSPS) is 12.1. The van der Waals surface area contributed by atoms with Gasteiger partial charge in [0.1, 0.15) is 17.2 Å². The molecule has 6 rings (SSSR count). The van der Waals surface area contributed by atoms with Crippen LogP contribution in [0.2, 0.25) is 0 Å². The summed E-state index contributed by atoms with van der Waals surface area (Å²) >= 11 is 0. The fourth-order valence-corrected chi connectivity index (χ4v) is 4.34. The highest BCUT2D eigenvalue weighted by Crippen LogP contribution is 2.35. The second-order valence-corrected chi connectivity index (χ2v) is 8.67. The molecule has 4 aromatic rings. The molecule has 11 heteroatoms. The van der Waals surface area contributed by atoms with Gasteiger partial charge in [-0.3, -0.25) is 4.68 Å². The molecule has 3 aromatic carbocycles. The van der Waals surface area contributed by atoms with E-state index in [2.05, 4.69) is 20.1 Å². The van der Waals surface area contributed by atoms with Gasteiger partial charge in [0.25, 0.3) is 0 Å². The molecular weight excluding hydrogens is 508 g/mol. The van der Waals surface area contributed by atoms with Crippen molar-refractivity contribution in [2.45, 2.75) is 12.7 Å². The number of imidazole rings is 1. The second kappa shape index (κ2) is 8.72. The minimum Gasteiger partial charge on any atom is -0.360 e. The topological polar surface area (TPSA) is 59.4 Å². The van der Waals surface area contributed by atoms with Crippen LogP contribution in [0, 0.1) is 17.5 Å². The fraction of sp³-hybridized carbons (Fsp3) is 0.0741. The number of nitrogens with zero attached hydrogens (tertiary/aromatic N) is 4. The maximum atomic E-state index is 14.2. The molecule has 1 N–H and O–H groups in total. The zero-order chi connectivity index (χ0) is 26.6. The van der Waals surface area contributed by atoms with Crippen LogP contribution in [0.15, 0.2) is 73.2 Å². The second-order valence-electron chi connectivity index (χ2n) is 8.67. The van der Waals surface area contributed by atoms with Gasteiger partial charge in [-0.2, -0.15) is 18.3 Å². The molecule has 0 radical (unpaired) electrons. The zero-order valence-corrected chi connectivity index (χ0v) is 19.2. The summed E-state index contributed by atoms with van der Waals surface area (Å²) < 4.78 is 82.5. The van der Waals surface area contributed by atoms with Crippen LogP contribution in [0.3, 0.4) is 0 Å². The van der Waals surface area contributed by atoms with Gasteiger partial charge in [0, 0.05) is 17.1 Å². The van der Waals surface area contributed by atoms with Crippen LogP contribution >= 0.6 is 0 Å². The number of hydrogen-bond acceptors (Lipinski definition) is 3. The molecule has 5 nitrogen and oxygen atoms in total. The average molecular weight is 523 g/mol. The van der Waals surface area contributed by atoms with Crippen LogP contribution in [0.5, 0.6) is 0 Å². The van der Waals surface area contributed by atoms with Gasteiger partial charge in [0.2, 0.25) is 0 Å². The molecule has 0 fully saturated rings. The van der Waals surface area contributed by atoms with Gasteiger partial charge < -0.3 is 4.98 Å². The van der Waals surface area contributed by atoms with Crippen molar-refractivity contribution in [3.8, 4) is 34.0 Å². The number of nitrogens with one attached hydrogen (secondary N) is 1. The smallest absolute Gasteiger partial charge is 0.360 e. The number of aromatic nitrogens is 5. The Balaban J connectivity index is 1.32. The lowest BCUT2D eigenvalue weighted by atomic mass is 10.0. The molecule has 1 aromatic heterocycles. The van der Waals surface area contributed by atoms with Crippen LogP contribution in [0.4, 0.5) is 26.3 Å². The third kappa shape index (κ3) is 4.15. The number of aromatic amines is 1. The summed E-state index contributed by atoms with van der Waals surface area (Å²) in [4.78, 5) is 11.6. The zero-order valence-electron chi connectivity index (χ0n) is 19.2. The highest BCUT2D eigenvalue weighted by atomic mass is 19.4. The van der Waals surface area contributed by atoms with Crippen molar-refractivity contribution in [1.29, 1.82) is 0 Å². The summed E-state index contributed by atoms with van der Waals surface area (Å²) in [6.45, 7) is 0.300. The fourth-order valence-electron chi connectivity index (χ4n) is 4.34. The minimum atomic E-state index is -4.78. The van der Waals surface area contributed by atoms with Crippen molar-refractivity contribution in [3.05, 3.63) is 102 Å². The van der Waals surface area contributed by atoms with Crippen LogP contribution < -0.4 is 0 Å². The molecule has 2 aliphatic heterocycles. The minimum absolute atomic E-state index is 0.0405. The average Bonchev–Trinajstić information content (AvgIpc) is 3.48. The lowest BCUT2D eigenvalue weighted by Gasteiger charge is -2.10. The Morgan fingerprint density at radius 3 is 2.47 bits per heavy atom. The van der Waals surface area contributed by atoms with Crippen molar-refractivity contribution >= 4 is 10.8 Å². The molecule has 38 heavy (non-hydrogen) atoms. The van der Waals surface area contributed by atoms with Crippen molar-refractivity contribution in [2.75, 3.05) is 0 Å². The first-order valence-electron chi connectivity index (χ1n) is 11.3. The van der Waals surface area contributed by atoms with Crippen molar-refractivity contribution in [1.82, 2.24) is 24.7 Å². The first-order valence-corrected chi connectivity index (χ1v) is 11.3. The predicted octanol–water partition coefficient (Wildman–Crippen LogP) is 7.08. The molecule has 0 spiro atoms.